The van der Waals surface area contributed by atoms with Gasteiger partial charge < -0.3 is 9.72 Å². The Labute approximate surface area is 85.9 Å². The zero-order valence-corrected chi connectivity index (χ0v) is 8.43. The van der Waals surface area contributed by atoms with Crippen molar-refractivity contribution in [3.63, 3.8) is 0 Å². The highest BCUT2D eigenvalue weighted by molar-refractivity contribution is 6.31. The Bertz CT molecular complexity index is 386. The Morgan fingerprint density at radius 2 is 2.36 bits per heavy atom. The summed E-state index contributed by atoms with van der Waals surface area (Å²) in [6.45, 7) is 2.04. The Morgan fingerprint density at radius 1 is 1.64 bits per heavy atom. The lowest BCUT2D eigenvalue weighted by Crippen LogP contribution is -2.11. The number of H-pyrrole nitrogens is 1. The highest BCUT2D eigenvalue weighted by atomic mass is 35.5. The third kappa shape index (κ3) is 2.88. The summed E-state index contributed by atoms with van der Waals surface area (Å²) in [6.07, 6.45) is 1.38. The molecule has 1 aromatic heterocycles. The molecule has 0 aliphatic carbocycles. The lowest BCUT2D eigenvalue weighted by atomic mass is 10.2. The summed E-state index contributed by atoms with van der Waals surface area (Å²) >= 11 is 5.76. The standard InChI is InChI=1S/C9H10ClNO3/c1-2-14-9(13)4-6-3-8(12)11-5-7(6)10/h3,5H,2,4H2,1H3,(H,11,12). The SMILES string of the molecule is CCOC(=O)Cc1cc(=O)[nH]cc1Cl. The van der Waals surface area contributed by atoms with Gasteiger partial charge in [-0.1, -0.05) is 11.6 Å². The number of aromatic amines is 1. The van der Waals surface area contributed by atoms with Crippen LogP contribution in [0.15, 0.2) is 17.1 Å². The number of hydrogen-bond acceptors (Lipinski definition) is 3. The normalized spacial score (nSPS) is 9.86. The van der Waals surface area contributed by atoms with Crippen molar-refractivity contribution in [1.82, 2.24) is 4.98 Å². The number of halogens is 1. The summed E-state index contributed by atoms with van der Waals surface area (Å²) in [6, 6.07) is 1.29. The molecule has 4 nitrogen and oxygen atoms in total. The van der Waals surface area contributed by atoms with Crippen molar-refractivity contribution in [3.05, 3.63) is 33.2 Å². The Hall–Kier alpha value is -1.29. The van der Waals surface area contributed by atoms with Gasteiger partial charge in [0, 0.05) is 12.3 Å². The van der Waals surface area contributed by atoms with E-state index in [1.807, 2.05) is 0 Å². The predicted octanol–water partition coefficient (Wildman–Crippen LogP) is 1.13. The smallest absolute Gasteiger partial charge is 0.310 e. The topological polar surface area (TPSA) is 59.2 Å². The lowest BCUT2D eigenvalue weighted by Gasteiger charge is -2.02. The second-order valence-corrected chi connectivity index (χ2v) is 3.06. The fourth-order valence-corrected chi connectivity index (χ4v) is 1.17. The van der Waals surface area contributed by atoms with Gasteiger partial charge in [0.05, 0.1) is 18.1 Å². The molecular weight excluding hydrogens is 206 g/mol. The van der Waals surface area contributed by atoms with Gasteiger partial charge >= 0.3 is 5.97 Å². The number of hydrogen-bond donors (Lipinski definition) is 1. The van der Waals surface area contributed by atoms with Crippen LogP contribution in [0.5, 0.6) is 0 Å². The highest BCUT2D eigenvalue weighted by Crippen LogP contribution is 2.12. The fourth-order valence-electron chi connectivity index (χ4n) is 0.999. The van der Waals surface area contributed by atoms with Crippen molar-refractivity contribution in [1.29, 1.82) is 0 Å². The van der Waals surface area contributed by atoms with Crippen molar-refractivity contribution in [2.45, 2.75) is 13.3 Å². The minimum atomic E-state index is -0.389. The highest BCUT2D eigenvalue weighted by Gasteiger charge is 2.07. The number of rotatable bonds is 3. The van der Waals surface area contributed by atoms with Gasteiger partial charge in [-0.2, -0.15) is 0 Å². The second kappa shape index (κ2) is 4.81. The molecule has 0 spiro atoms. The van der Waals surface area contributed by atoms with Crippen LogP contribution in [0.1, 0.15) is 12.5 Å². The van der Waals surface area contributed by atoms with Gasteiger partial charge in [0.15, 0.2) is 0 Å². The molecule has 0 fully saturated rings. The Balaban J connectivity index is 2.80. The van der Waals surface area contributed by atoms with E-state index in [2.05, 4.69) is 4.98 Å². The summed E-state index contributed by atoms with van der Waals surface area (Å²) in [5.74, 6) is -0.389. The average Bonchev–Trinajstić information content (AvgIpc) is 2.12. The number of carbonyl (C=O) groups excluding carboxylic acids is 1. The summed E-state index contributed by atoms with van der Waals surface area (Å²) < 4.78 is 4.73. The van der Waals surface area contributed by atoms with Gasteiger partial charge in [-0.3, -0.25) is 9.59 Å². The number of carbonyl (C=O) groups is 1. The molecule has 76 valence electrons. The van der Waals surface area contributed by atoms with Crippen LogP contribution < -0.4 is 5.56 Å². The maximum Gasteiger partial charge on any atom is 0.310 e. The number of ether oxygens (including phenoxy) is 1. The zero-order chi connectivity index (χ0) is 10.6. The van der Waals surface area contributed by atoms with Crippen LogP contribution in [-0.2, 0) is 16.0 Å². The Morgan fingerprint density at radius 3 is 3.00 bits per heavy atom. The first kappa shape index (κ1) is 10.8. The van der Waals surface area contributed by atoms with E-state index in [9.17, 15) is 9.59 Å². The maximum atomic E-state index is 11.1. The average molecular weight is 216 g/mol. The molecule has 0 saturated heterocycles. The first-order valence-corrected chi connectivity index (χ1v) is 4.54. The van der Waals surface area contributed by atoms with Crippen LogP contribution in [0.2, 0.25) is 5.02 Å². The number of nitrogens with one attached hydrogen (secondary N) is 1. The van der Waals surface area contributed by atoms with E-state index in [0.29, 0.717) is 17.2 Å². The molecule has 1 heterocycles. The van der Waals surface area contributed by atoms with Crippen LogP contribution in [-0.4, -0.2) is 17.6 Å². The summed E-state index contributed by atoms with van der Waals surface area (Å²) in [7, 11) is 0. The molecule has 0 saturated carbocycles. The Kier molecular flexibility index (Phi) is 3.71. The number of aromatic nitrogens is 1. The molecule has 5 heteroatoms. The van der Waals surface area contributed by atoms with Crippen LogP contribution in [0.4, 0.5) is 0 Å². The quantitative estimate of drug-likeness (QED) is 0.770. The van der Waals surface area contributed by atoms with E-state index in [-0.39, 0.29) is 17.9 Å². The first-order chi connectivity index (χ1) is 6.63. The molecule has 1 rings (SSSR count). The van der Waals surface area contributed by atoms with Gasteiger partial charge in [-0.25, -0.2) is 0 Å². The van der Waals surface area contributed by atoms with Gasteiger partial charge in [0.25, 0.3) is 0 Å². The minimum absolute atomic E-state index is 0.0244. The second-order valence-electron chi connectivity index (χ2n) is 2.65. The third-order valence-corrected chi connectivity index (χ3v) is 1.95. The molecule has 0 unspecified atom stereocenters. The van der Waals surface area contributed by atoms with Gasteiger partial charge in [0.2, 0.25) is 5.56 Å². The van der Waals surface area contributed by atoms with E-state index in [4.69, 9.17) is 16.3 Å². The van der Waals surface area contributed by atoms with E-state index in [1.165, 1.54) is 12.3 Å². The molecule has 0 aliphatic heterocycles. The molecule has 0 bridgehead atoms. The summed E-state index contributed by atoms with van der Waals surface area (Å²) in [5, 5.41) is 0.359. The molecule has 0 aromatic carbocycles. The molecule has 14 heavy (non-hydrogen) atoms. The van der Waals surface area contributed by atoms with Crippen molar-refractivity contribution >= 4 is 17.6 Å². The molecular formula is C9H10ClNO3. The monoisotopic (exact) mass is 215 g/mol. The minimum Gasteiger partial charge on any atom is -0.466 e. The molecule has 0 radical (unpaired) electrons. The first-order valence-electron chi connectivity index (χ1n) is 4.16. The lowest BCUT2D eigenvalue weighted by molar-refractivity contribution is -0.142. The largest absolute Gasteiger partial charge is 0.466 e. The molecule has 1 aromatic rings. The van der Waals surface area contributed by atoms with Crippen molar-refractivity contribution in [2.24, 2.45) is 0 Å². The summed E-state index contributed by atoms with van der Waals surface area (Å²) in [5.41, 5.74) is 0.197. The fraction of sp³-hybridized carbons (Fsp3) is 0.333. The van der Waals surface area contributed by atoms with Gasteiger partial charge in [-0.15, -0.1) is 0 Å². The molecule has 0 atom stereocenters. The molecule has 1 N–H and O–H groups in total. The molecule has 0 amide bonds. The number of pyridine rings is 1. The van der Waals surface area contributed by atoms with Crippen LogP contribution in [0.25, 0.3) is 0 Å². The predicted molar refractivity (Wildman–Crippen MR) is 52.4 cm³/mol. The van der Waals surface area contributed by atoms with Crippen molar-refractivity contribution < 1.29 is 9.53 Å². The number of esters is 1. The van der Waals surface area contributed by atoms with E-state index >= 15 is 0 Å². The third-order valence-electron chi connectivity index (χ3n) is 1.59. The van der Waals surface area contributed by atoms with E-state index in [1.54, 1.807) is 6.92 Å². The maximum absolute atomic E-state index is 11.1. The van der Waals surface area contributed by atoms with Crippen molar-refractivity contribution in [3.8, 4) is 0 Å². The van der Waals surface area contributed by atoms with Gasteiger partial charge in [-0.05, 0) is 12.5 Å². The van der Waals surface area contributed by atoms with Crippen molar-refractivity contribution in [2.75, 3.05) is 6.61 Å². The van der Waals surface area contributed by atoms with Crippen LogP contribution in [0, 0.1) is 0 Å². The van der Waals surface area contributed by atoms with Crippen LogP contribution >= 0.6 is 11.6 Å². The zero-order valence-electron chi connectivity index (χ0n) is 7.67. The van der Waals surface area contributed by atoms with Crippen LogP contribution in [0.3, 0.4) is 0 Å². The molecule has 0 aliphatic rings. The van der Waals surface area contributed by atoms with Gasteiger partial charge in [0.1, 0.15) is 0 Å². The van der Waals surface area contributed by atoms with E-state index in [0.717, 1.165) is 0 Å². The van der Waals surface area contributed by atoms with E-state index < -0.39 is 0 Å². The summed E-state index contributed by atoms with van der Waals surface area (Å²) in [4.78, 5) is 24.4.